The molecule has 7 heteroatoms. The predicted octanol–water partition coefficient (Wildman–Crippen LogP) is 2.65. The second-order valence-corrected chi connectivity index (χ2v) is 7.88. The lowest BCUT2D eigenvalue weighted by Crippen LogP contribution is -2.37. The highest BCUT2D eigenvalue weighted by Gasteiger charge is 2.42. The van der Waals surface area contributed by atoms with Crippen LogP contribution in [0.1, 0.15) is 23.4 Å². The van der Waals surface area contributed by atoms with E-state index in [0.29, 0.717) is 12.1 Å². The van der Waals surface area contributed by atoms with Gasteiger partial charge in [-0.15, -0.1) is 11.3 Å². The maximum absolute atomic E-state index is 5.94. The summed E-state index contributed by atoms with van der Waals surface area (Å²) in [5.41, 5.74) is 3.16. The number of aromatic nitrogens is 3. The van der Waals surface area contributed by atoms with E-state index in [0.717, 1.165) is 24.7 Å². The fourth-order valence-corrected chi connectivity index (χ4v) is 4.95. The number of nitrogens with zero attached hydrogens (tertiary/aromatic N) is 5. The van der Waals surface area contributed by atoms with Crippen molar-refractivity contribution in [3.05, 3.63) is 33.5 Å². The highest BCUT2D eigenvalue weighted by Crippen LogP contribution is 2.33. The van der Waals surface area contributed by atoms with Gasteiger partial charge in [-0.05, 0) is 19.8 Å². The van der Waals surface area contributed by atoms with E-state index in [1.165, 1.54) is 36.5 Å². The molecular formula is C16H22ClN5S. The summed E-state index contributed by atoms with van der Waals surface area (Å²) in [4.78, 5) is 11.1. The number of hydrogen-bond acceptors (Lipinski definition) is 5. The number of aryl methyl sites for hydroxylation is 1. The van der Waals surface area contributed by atoms with Crippen LogP contribution < -0.4 is 0 Å². The van der Waals surface area contributed by atoms with E-state index in [1.807, 2.05) is 16.4 Å². The van der Waals surface area contributed by atoms with Crippen LogP contribution in [0.25, 0.3) is 0 Å². The molecule has 0 aromatic carbocycles. The summed E-state index contributed by atoms with van der Waals surface area (Å²) in [6.45, 7) is 7.57. The molecule has 0 unspecified atom stereocenters. The Balaban J connectivity index is 1.35. The van der Waals surface area contributed by atoms with Gasteiger partial charge in [-0.25, -0.2) is 4.98 Å². The number of halogens is 1. The molecule has 2 aromatic rings. The summed E-state index contributed by atoms with van der Waals surface area (Å²) < 4.78 is 1.95. The Hall–Kier alpha value is -0.950. The molecule has 0 radical (unpaired) electrons. The van der Waals surface area contributed by atoms with Crippen LogP contribution in [0.2, 0.25) is 5.02 Å². The molecule has 23 heavy (non-hydrogen) atoms. The van der Waals surface area contributed by atoms with Crippen LogP contribution in [0.4, 0.5) is 0 Å². The molecule has 2 aliphatic rings. The number of likely N-dealkylation sites (tertiary alicyclic amines) is 2. The number of thiazole rings is 1. The van der Waals surface area contributed by atoms with Crippen molar-refractivity contribution in [1.29, 1.82) is 0 Å². The van der Waals surface area contributed by atoms with Crippen molar-refractivity contribution in [1.82, 2.24) is 24.6 Å². The first-order chi connectivity index (χ1) is 11.2. The zero-order valence-electron chi connectivity index (χ0n) is 13.4. The van der Waals surface area contributed by atoms with Crippen molar-refractivity contribution in [3.8, 4) is 0 Å². The van der Waals surface area contributed by atoms with Crippen molar-refractivity contribution in [2.45, 2.75) is 44.9 Å². The maximum Gasteiger partial charge on any atom is 0.0798 e. The number of fused-ring (bicyclic) bond motifs is 1. The highest BCUT2D eigenvalue weighted by molar-refractivity contribution is 7.09. The lowest BCUT2D eigenvalue weighted by atomic mass is 10.1. The van der Waals surface area contributed by atoms with Crippen LogP contribution in [0, 0.1) is 6.92 Å². The van der Waals surface area contributed by atoms with E-state index >= 15 is 0 Å². The van der Waals surface area contributed by atoms with Gasteiger partial charge in [-0.2, -0.15) is 5.10 Å². The Labute approximate surface area is 145 Å². The Kier molecular flexibility index (Phi) is 4.41. The van der Waals surface area contributed by atoms with Crippen LogP contribution in [-0.2, 0) is 13.1 Å². The molecule has 4 rings (SSSR count). The van der Waals surface area contributed by atoms with Gasteiger partial charge in [0, 0.05) is 49.3 Å². The molecule has 2 aromatic heterocycles. The monoisotopic (exact) mass is 351 g/mol. The van der Waals surface area contributed by atoms with Gasteiger partial charge in [0.1, 0.15) is 0 Å². The Morgan fingerprint density at radius 2 is 2.00 bits per heavy atom. The first-order valence-corrected chi connectivity index (χ1v) is 9.51. The van der Waals surface area contributed by atoms with E-state index < -0.39 is 0 Å². The molecule has 0 saturated carbocycles. The fourth-order valence-electron chi connectivity index (χ4n) is 3.99. The minimum atomic E-state index is 0.703. The predicted molar refractivity (Wildman–Crippen MR) is 92.9 cm³/mol. The van der Waals surface area contributed by atoms with E-state index in [4.69, 9.17) is 11.6 Å². The average Bonchev–Trinajstić information content (AvgIpc) is 3.27. The van der Waals surface area contributed by atoms with Crippen LogP contribution in [0.15, 0.2) is 17.9 Å². The second kappa shape index (κ2) is 6.51. The lowest BCUT2D eigenvalue weighted by Gasteiger charge is -2.25. The van der Waals surface area contributed by atoms with Gasteiger partial charge >= 0.3 is 0 Å². The minimum Gasteiger partial charge on any atom is -0.297 e. The molecule has 2 fully saturated rings. The zero-order chi connectivity index (χ0) is 15.8. The summed E-state index contributed by atoms with van der Waals surface area (Å²) in [5, 5.41) is 5.00. The molecule has 5 nitrogen and oxygen atoms in total. The van der Waals surface area contributed by atoms with E-state index in [2.05, 4.69) is 26.8 Å². The van der Waals surface area contributed by atoms with Gasteiger partial charge in [0.2, 0.25) is 0 Å². The van der Waals surface area contributed by atoms with E-state index in [9.17, 15) is 0 Å². The normalized spacial score (nSPS) is 25.3. The fraction of sp³-hybridized carbons (Fsp3) is 0.625. The Bertz CT molecular complexity index is 669. The van der Waals surface area contributed by atoms with Crippen molar-refractivity contribution in [2.24, 2.45) is 0 Å². The largest absolute Gasteiger partial charge is 0.297 e. The Morgan fingerprint density at radius 3 is 2.70 bits per heavy atom. The van der Waals surface area contributed by atoms with Gasteiger partial charge in [0.05, 0.1) is 29.0 Å². The smallest absolute Gasteiger partial charge is 0.0798 e. The molecule has 0 amide bonds. The third-order valence-electron chi connectivity index (χ3n) is 5.22. The maximum atomic E-state index is 5.94. The number of hydrogen-bond donors (Lipinski definition) is 0. The van der Waals surface area contributed by atoms with E-state index in [1.54, 1.807) is 17.5 Å². The van der Waals surface area contributed by atoms with Crippen LogP contribution >= 0.6 is 22.9 Å². The summed E-state index contributed by atoms with van der Waals surface area (Å²) in [7, 11) is 0. The summed E-state index contributed by atoms with van der Waals surface area (Å²) in [6.07, 6.45) is 6.18. The molecule has 2 aliphatic heterocycles. The van der Waals surface area contributed by atoms with Crippen LogP contribution in [0.3, 0.4) is 0 Å². The summed E-state index contributed by atoms with van der Waals surface area (Å²) in [6, 6.07) is 1.41. The van der Waals surface area contributed by atoms with Crippen molar-refractivity contribution in [3.63, 3.8) is 0 Å². The molecular weight excluding hydrogens is 330 g/mol. The van der Waals surface area contributed by atoms with Gasteiger partial charge in [-0.3, -0.25) is 14.5 Å². The SMILES string of the molecule is Cc1ncsc1CN1CC[C@H]2[C@@H]1CCN2CCn1cc(Cl)cn1. The minimum absolute atomic E-state index is 0.703. The molecule has 0 N–H and O–H groups in total. The van der Waals surface area contributed by atoms with Gasteiger partial charge in [-0.1, -0.05) is 11.6 Å². The molecule has 0 aliphatic carbocycles. The molecule has 4 heterocycles. The quantitative estimate of drug-likeness (QED) is 0.830. The highest BCUT2D eigenvalue weighted by atomic mass is 35.5. The third kappa shape index (κ3) is 3.18. The first-order valence-electron chi connectivity index (χ1n) is 8.26. The van der Waals surface area contributed by atoms with E-state index in [-0.39, 0.29) is 0 Å². The third-order valence-corrected chi connectivity index (χ3v) is 6.33. The number of rotatable bonds is 5. The molecule has 2 atom stereocenters. The summed E-state index contributed by atoms with van der Waals surface area (Å²) >= 11 is 7.73. The van der Waals surface area contributed by atoms with Gasteiger partial charge in [0.25, 0.3) is 0 Å². The molecule has 0 spiro atoms. The molecule has 124 valence electrons. The molecule has 0 bridgehead atoms. The van der Waals surface area contributed by atoms with Gasteiger partial charge < -0.3 is 0 Å². The average molecular weight is 352 g/mol. The van der Waals surface area contributed by atoms with Crippen LogP contribution in [0.5, 0.6) is 0 Å². The summed E-state index contributed by atoms with van der Waals surface area (Å²) in [5.74, 6) is 0. The lowest BCUT2D eigenvalue weighted by molar-refractivity contribution is 0.212. The molecule has 2 saturated heterocycles. The Morgan fingerprint density at radius 1 is 1.22 bits per heavy atom. The van der Waals surface area contributed by atoms with Crippen LogP contribution in [-0.4, -0.2) is 56.3 Å². The standard InChI is InChI=1S/C16H22ClN5S/c1-12-16(23-11-18-12)10-21-5-3-14-15(21)2-4-20(14)6-7-22-9-13(17)8-19-22/h8-9,11,14-15H,2-7,10H2,1H3/t14-,15-/m0/s1. The topological polar surface area (TPSA) is 37.2 Å². The van der Waals surface area contributed by atoms with Crippen molar-refractivity contribution < 1.29 is 0 Å². The van der Waals surface area contributed by atoms with Gasteiger partial charge in [0.15, 0.2) is 0 Å². The second-order valence-electron chi connectivity index (χ2n) is 6.50. The van der Waals surface area contributed by atoms with Crippen molar-refractivity contribution in [2.75, 3.05) is 19.6 Å². The zero-order valence-corrected chi connectivity index (χ0v) is 14.9. The van der Waals surface area contributed by atoms with Crippen molar-refractivity contribution >= 4 is 22.9 Å². The first kappa shape index (κ1) is 15.6.